The Bertz CT molecular complexity index is 617. The van der Waals surface area contributed by atoms with E-state index >= 15 is 0 Å². The number of benzene rings is 2. The lowest BCUT2D eigenvalue weighted by atomic mass is 10.1. The van der Waals surface area contributed by atoms with Crippen molar-refractivity contribution in [1.29, 1.82) is 0 Å². The lowest BCUT2D eigenvalue weighted by Gasteiger charge is -2.14. The van der Waals surface area contributed by atoms with Crippen molar-refractivity contribution >= 4 is 23.2 Å². The van der Waals surface area contributed by atoms with Gasteiger partial charge in [0, 0.05) is 5.02 Å². The number of nitrogens with two attached hydrogens (primary N) is 1. The molecule has 0 saturated carbocycles. The summed E-state index contributed by atoms with van der Waals surface area (Å²) in [5.41, 5.74) is 7.47. The largest absolute Gasteiger partial charge is 0.495 e. The maximum absolute atomic E-state index is 12.2. The van der Waals surface area contributed by atoms with Crippen LogP contribution in [-0.2, 0) is 11.2 Å². The third-order valence-corrected chi connectivity index (χ3v) is 3.29. The lowest BCUT2D eigenvalue weighted by molar-refractivity contribution is -0.117. The summed E-state index contributed by atoms with van der Waals surface area (Å²) in [6.07, 6.45) is 0.468. The standard InChI is InChI=1S/C16H17ClN2O2/c1-21-15-8-7-12(17)10-14(15)19-16(20)13(18)9-11-5-3-2-4-6-11/h2-8,10,13H,9,18H2,1H3,(H,19,20)/t13-/m1/s1. The second-order valence-corrected chi connectivity index (χ2v) is 5.07. The van der Waals surface area contributed by atoms with Gasteiger partial charge in [-0.15, -0.1) is 0 Å². The summed E-state index contributed by atoms with van der Waals surface area (Å²) < 4.78 is 5.19. The van der Waals surface area contributed by atoms with Gasteiger partial charge in [0.05, 0.1) is 18.8 Å². The molecule has 2 aromatic rings. The van der Waals surface area contributed by atoms with Crippen molar-refractivity contribution in [3.8, 4) is 5.75 Å². The zero-order valence-electron chi connectivity index (χ0n) is 11.7. The molecule has 0 aliphatic rings. The summed E-state index contributed by atoms with van der Waals surface area (Å²) in [6, 6.07) is 14.0. The number of amides is 1. The van der Waals surface area contributed by atoms with Crippen LogP contribution in [-0.4, -0.2) is 19.1 Å². The number of carbonyl (C=O) groups is 1. The van der Waals surface area contributed by atoms with Crippen molar-refractivity contribution in [2.24, 2.45) is 5.73 Å². The van der Waals surface area contributed by atoms with Crippen molar-refractivity contribution < 1.29 is 9.53 Å². The van der Waals surface area contributed by atoms with Crippen LogP contribution in [0, 0.1) is 0 Å². The number of ether oxygens (including phenoxy) is 1. The van der Waals surface area contributed by atoms with Gasteiger partial charge in [0.25, 0.3) is 0 Å². The monoisotopic (exact) mass is 304 g/mol. The molecule has 1 atom stereocenters. The minimum Gasteiger partial charge on any atom is -0.495 e. The first-order chi connectivity index (χ1) is 10.1. The maximum atomic E-state index is 12.2. The van der Waals surface area contributed by atoms with Crippen LogP contribution in [0.4, 0.5) is 5.69 Å². The molecule has 110 valence electrons. The van der Waals surface area contributed by atoms with Crippen LogP contribution in [0.3, 0.4) is 0 Å². The van der Waals surface area contributed by atoms with E-state index in [1.54, 1.807) is 18.2 Å². The average molecular weight is 305 g/mol. The Labute approximate surface area is 128 Å². The Hall–Kier alpha value is -2.04. The first-order valence-electron chi connectivity index (χ1n) is 6.54. The van der Waals surface area contributed by atoms with Gasteiger partial charge in [-0.2, -0.15) is 0 Å². The van der Waals surface area contributed by atoms with E-state index in [0.29, 0.717) is 22.9 Å². The third kappa shape index (κ3) is 4.21. The zero-order valence-corrected chi connectivity index (χ0v) is 12.4. The molecule has 4 nitrogen and oxygen atoms in total. The highest BCUT2D eigenvalue weighted by Crippen LogP contribution is 2.27. The molecule has 0 heterocycles. The molecular weight excluding hydrogens is 288 g/mol. The van der Waals surface area contributed by atoms with Gasteiger partial charge in [0.1, 0.15) is 5.75 Å². The van der Waals surface area contributed by atoms with Crippen molar-refractivity contribution in [2.75, 3.05) is 12.4 Å². The predicted molar refractivity (Wildman–Crippen MR) is 84.8 cm³/mol. The lowest BCUT2D eigenvalue weighted by Crippen LogP contribution is -2.37. The average Bonchev–Trinajstić information content (AvgIpc) is 2.48. The van der Waals surface area contributed by atoms with Gasteiger partial charge >= 0.3 is 0 Å². The minimum atomic E-state index is -0.643. The molecule has 0 unspecified atom stereocenters. The fourth-order valence-electron chi connectivity index (χ4n) is 1.96. The highest BCUT2D eigenvalue weighted by Gasteiger charge is 2.16. The summed E-state index contributed by atoms with van der Waals surface area (Å²) in [7, 11) is 1.53. The molecule has 0 bridgehead atoms. The molecule has 0 saturated heterocycles. The molecule has 0 spiro atoms. The van der Waals surface area contributed by atoms with Crippen molar-refractivity contribution in [3.63, 3.8) is 0 Å². The fraction of sp³-hybridized carbons (Fsp3) is 0.188. The zero-order chi connectivity index (χ0) is 15.2. The number of nitrogens with one attached hydrogen (secondary N) is 1. The van der Waals surface area contributed by atoms with Crippen molar-refractivity contribution in [3.05, 3.63) is 59.1 Å². The number of methoxy groups -OCH3 is 1. The Morgan fingerprint density at radius 2 is 2.00 bits per heavy atom. The summed E-state index contributed by atoms with van der Waals surface area (Å²) in [5, 5.41) is 3.27. The maximum Gasteiger partial charge on any atom is 0.241 e. The van der Waals surface area contributed by atoms with Crippen molar-refractivity contribution in [1.82, 2.24) is 0 Å². The van der Waals surface area contributed by atoms with Crippen LogP contribution in [0.1, 0.15) is 5.56 Å². The molecule has 5 heteroatoms. The number of hydrogen-bond donors (Lipinski definition) is 2. The number of anilines is 1. The van der Waals surface area contributed by atoms with E-state index in [-0.39, 0.29) is 5.91 Å². The normalized spacial score (nSPS) is 11.8. The molecule has 21 heavy (non-hydrogen) atoms. The molecule has 0 fully saturated rings. The van der Waals surface area contributed by atoms with E-state index in [1.165, 1.54) is 7.11 Å². The first-order valence-corrected chi connectivity index (χ1v) is 6.92. The quantitative estimate of drug-likeness (QED) is 0.892. The van der Waals surface area contributed by atoms with Gasteiger partial charge in [-0.3, -0.25) is 4.79 Å². The molecule has 2 aromatic carbocycles. The summed E-state index contributed by atoms with van der Waals surface area (Å²) in [5.74, 6) is 0.263. The smallest absolute Gasteiger partial charge is 0.241 e. The molecule has 1 amide bonds. The Kier molecular flexibility index (Phi) is 5.20. The van der Waals surface area contributed by atoms with E-state index in [2.05, 4.69) is 5.32 Å². The van der Waals surface area contributed by atoms with E-state index in [0.717, 1.165) is 5.56 Å². The number of rotatable bonds is 5. The Balaban J connectivity index is 2.05. The van der Waals surface area contributed by atoms with Gasteiger partial charge in [-0.25, -0.2) is 0 Å². The summed E-state index contributed by atoms with van der Waals surface area (Å²) in [4.78, 5) is 12.2. The van der Waals surface area contributed by atoms with Gasteiger partial charge in [0.2, 0.25) is 5.91 Å². The summed E-state index contributed by atoms with van der Waals surface area (Å²) >= 11 is 5.93. The van der Waals surface area contributed by atoms with E-state index < -0.39 is 6.04 Å². The third-order valence-electron chi connectivity index (χ3n) is 3.05. The minimum absolute atomic E-state index is 0.278. The molecule has 2 rings (SSSR count). The summed E-state index contributed by atoms with van der Waals surface area (Å²) in [6.45, 7) is 0. The molecule has 3 N–H and O–H groups in total. The highest BCUT2D eigenvalue weighted by atomic mass is 35.5. The molecule has 0 aliphatic heterocycles. The van der Waals surface area contributed by atoms with E-state index in [1.807, 2.05) is 30.3 Å². The second kappa shape index (κ2) is 7.11. The van der Waals surface area contributed by atoms with E-state index in [9.17, 15) is 4.79 Å². The molecule has 0 radical (unpaired) electrons. The number of halogens is 1. The number of carbonyl (C=O) groups excluding carboxylic acids is 1. The van der Waals surface area contributed by atoms with Crippen LogP contribution >= 0.6 is 11.6 Å². The van der Waals surface area contributed by atoms with Crippen LogP contribution in [0.15, 0.2) is 48.5 Å². The number of hydrogen-bond acceptors (Lipinski definition) is 3. The second-order valence-electron chi connectivity index (χ2n) is 4.63. The molecular formula is C16H17ClN2O2. The van der Waals surface area contributed by atoms with Crippen LogP contribution in [0.25, 0.3) is 0 Å². The highest BCUT2D eigenvalue weighted by molar-refractivity contribution is 6.31. The van der Waals surface area contributed by atoms with Crippen molar-refractivity contribution in [2.45, 2.75) is 12.5 Å². The van der Waals surface area contributed by atoms with Gasteiger partial charge in [-0.1, -0.05) is 41.9 Å². The van der Waals surface area contributed by atoms with Gasteiger partial charge in [0.15, 0.2) is 0 Å². The SMILES string of the molecule is COc1ccc(Cl)cc1NC(=O)[C@H](N)Cc1ccccc1. The Morgan fingerprint density at radius 3 is 2.67 bits per heavy atom. The molecule has 0 aromatic heterocycles. The van der Waals surface area contributed by atoms with Gasteiger partial charge in [-0.05, 0) is 30.2 Å². The fourth-order valence-corrected chi connectivity index (χ4v) is 2.14. The van der Waals surface area contributed by atoms with Crippen LogP contribution in [0.5, 0.6) is 5.75 Å². The predicted octanol–water partition coefficient (Wildman–Crippen LogP) is 2.86. The van der Waals surface area contributed by atoms with Gasteiger partial charge < -0.3 is 15.8 Å². The van der Waals surface area contributed by atoms with Crippen LogP contribution < -0.4 is 15.8 Å². The van der Waals surface area contributed by atoms with E-state index in [4.69, 9.17) is 22.1 Å². The van der Waals surface area contributed by atoms with Crippen LogP contribution in [0.2, 0.25) is 5.02 Å². The molecule has 0 aliphatic carbocycles. The Morgan fingerprint density at radius 1 is 1.29 bits per heavy atom. The topological polar surface area (TPSA) is 64.3 Å². The first kappa shape index (κ1) is 15.4.